The second-order valence-electron chi connectivity index (χ2n) is 5.87. The lowest BCUT2D eigenvalue weighted by Gasteiger charge is -2.24. The number of rotatable bonds is 4. The lowest BCUT2D eigenvalue weighted by atomic mass is 10.1. The van der Waals surface area contributed by atoms with E-state index in [1.165, 1.54) is 19.3 Å². The molecule has 5 heteroatoms. The molecule has 110 valence electrons. The predicted molar refractivity (Wildman–Crippen MR) is 79.3 cm³/mol. The van der Waals surface area contributed by atoms with Gasteiger partial charge in [0.2, 0.25) is 11.8 Å². The van der Waals surface area contributed by atoms with Crippen LogP contribution < -0.4 is 15.0 Å². The first kappa shape index (κ1) is 13.6. The molecule has 3 rings (SSSR count). The van der Waals surface area contributed by atoms with Gasteiger partial charge in [0.15, 0.2) is 0 Å². The summed E-state index contributed by atoms with van der Waals surface area (Å²) in [4.78, 5) is 11.5. The Labute approximate surface area is 120 Å². The fraction of sp³-hybridized carbons (Fsp3) is 0.733. The molecule has 2 atom stereocenters. The van der Waals surface area contributed by atoms with E-state index < -0.39 is 0 Å². The topological polar surface area (TPSA) is 50.3 Å². The van der Waals surface area contributed by atoms with Crippen molar-refractivity contribution < 1.29 is 4.74 Å². The molecule has 5 nitrogen and oxygen atoms in total. The summed E-state index contributed by atoms with van der Waals surface area (Å²) in [5.41, 5.74) is 0.975. The van der Waals surface area contributed by atoms with E-state index >= 15 is 0 Å². The Hall–Kier alpha value is -1.36. The van der Waals surface area contributed by atoms with E-state index in [0.29, 0.717) is 24.6 Å². The molecule has 0 aliphatic carbocycles. The van der Waals surface area contributed by atoms with Crippen molar-refractivity contribution in [2.45, 2.75) is 51.6 Å². The molecule has 2 aliphatic rings. The van der Waals surface area contributed by atoms with Crippen LogP contribution >= 0.6 is 0 Å². The van der Waals surface area contributed by atoms with Crippen molar-refractivity contribution in [2.75, 3.05) is 24.6 Å². The zero-order valence-corrected chi connectivity index (χ0v) is 12.4. The summed E-state index contributed by atoms with van der Waals surface area (Å²) in [6.07, 6.45) is 4.76. The fourth-order valence-electron chi connectivity index (χ4n) is 3.07. The number of nitrogens with one attached hydrogen (secondary N) is 1. The molecule has 1 N–H and O–H groups in total. The number of nitrogens with zero attached hydrogens (tertiary/aromatic N) is 3. The van der Waals surface area contributed by atoms with Gasteiger partial charge in [0.1, 0.15) is 0 Å². The third-order valence-corrected chi connectivity index (χ3v) is 4.08. The Balaban J connectivity index is 1.76. The number of hydrogen-bond acceptors (Lipinski definition) is 5. The van der Waals surface area contributed by atoms with E-state index in [2.05, 4.69) is 27.1 Å². The molecule has 20 heavy (non-hydrogen) atoms. The van der Waals surface area contributed by atoms with Gasteiger partial charge in [0.05, 0.1) is 6.61 Å². The van der Waals surface area contributed by atoms with Crippen molar-refractivity contribution in [3.05, 3.63) is 11.8 Å². The van der Waals surface area contributed by atoms with Crippen LogP contribution in [0.5, 0.6) is 5.88 Å². The second kappa shape index (κ2) is 5.95. The van der Waals surface area contributed by atoms with Gasteiger partial charge in [0.25, 0.3) is 0 Å². The minimum Gasteiger partial charge on any atom is -0.478 e. The number of anilines is 1. The van der Waals surface area contributed by atoms with E-state index in [9.17, 15) is 0 Å². The van der Waals surface area contributed by atoms with Crippen molar-refractivity contribution in [1.82, 2.24) is 15.3 Å². The van der Waals surface area contributed by atoms with E-state index in [-0.39, 0.29) is 0 Å². The van der Waals surface area contributed by atoms with Crippen LogP contribution in [0, 0.1) is 6.92 Å². The highest BCUT2D eigenvalue weighted by Gasteiger charge is 2.30. The van der Waals surface area contributed by atoms with Gasteiger partial charge in [-0.05, 0) is 32.6 Å². The summed E-state index contributed by atoms with van der Waals surface area (Å²) >= 11 is 0. The summed E-state index contributed by atoms with van der Waals surface area (Å²) in [6, 6.07) is 3.19. The Bertz CT molecular complexity index is 465. The number of hydrogen-bond donors (Lipinski definition) is 1. The number of fused-ring (bicyclic) bond motifs is 2. The number of aromatic nitrogens is 2. The Morgan fingerprint density at radius 1 is 1.30 bits per heavy atom. The highest BCUT2D eigenvalue weighted by molar-refractivity contribution is 5.35. The monoisotopic (exact) mass is 276 g/mol. The lowest BCUT2D eigenvalue weighted by Crippen LogP contribution is -2.36. The van der Waals surface area contributed by atoms with E-state index in [0.717, 1.165) is 31.2 Å². The zero-order chi connectivity index (χ0) is 13.9. The van der Waals surface area contributed by atoms with Gasteiger partial charge in [-0.25, -0.2) is 4.98 Å². The summed E-state index contributed by atoms with van der Waals surface area (Å²) in [5.74, 6) is 1.53. The maximum absolute atomic E-state index is 5.67. The molecule has 0 radical (unpaired) electrons. The minimum atomic E-state index is 0.589. The van der Waals surface area contributed by atoms with Crippen LogP contribution in [0.4, 0.5) is 5.95 Å². The Morgan fingerprint density at radius 3 is 3.00 bits per heavy atom. The van der Waals surface area contributed by atoms with Crippen molar-refractivity contribution in [2.24, 2.45) is 0 Å². The van der Waals surface area contributed by atoms with Crippen molar-refractivity contribution in [1.29, 1.82) is 0 Å². The zero-order valence-electron chi connectivity index (χ0n) is 12.4. The van der Waals surface area contributed by atoms with Gasteiger partial charge in [-0.15, -0.1) is 0 Å². The highest BCUT2D eigenvalue weighted by Crippen LogP contribution is 2.24. The smallest absolute Gasteiger partial charge is 0.228 e. The molecule has 2 fully saturated rings. The molecule has 0 amide bonds. The van der Waals surface area contributed by atoms with Gasteiger partial charge in [-0.2, -0.15) is 4.98 Å². The average molecular weight is 276 g/mol. The first-order valence-corrected chi connectivity index (χ1v) is 7.74. The van der Waals surface area contributed by atoms with Gasteiger partial charge in [0, 0.05) is 36.9 Å². The van der Waals surface area contributed by atoms with Crippen LogP contribution in [0.25, 0.3) is 0 Å². The first-order valence-electron chi connectivity index (χ1n) is 7.74. The third kappa shape index (κ3) is 3.03. The quantitative estimate of drug-likeness (QED) is 0.910. The van der Waals surface area contributed by atoms with Crippen LogP contribution in [-0.2, 0) is 0 Å². The summed E-state index contributed by atoms with van der Waals surface area (Å²) < 4.78 is 5.67. The van der Waals surface area contributed by atoms with Crippen LogP contribution in [0.2, 0.25) is 0 Å². The van der Waals surface area contributed by atoms with Crippen LogP contribution in [0.1, 0.15) is 38.3 Å². The SMILES string of the molecule is CCCOc1cc(C)nc(N2CCC3CCC(C2)N3)n1. The largest absolute Gasteiger partial charge is 0.478 e. The maximum Gasteiger partial charge on any atom is 0.228 e. The molecule has 0 spiro atoms. The molecule has 1 aromatic rings. The van der Waals surface area contributed by atoms with Crippen LogP contribution in [-0.4, -0.2) is 41.7 Å². The van der Waals surface area contributed by atoms with Crippen LogP contribution in [0.15, 0.2) is 6.07 Å². The molecule has 3 heterocycles. The molecular weight excluding hydrogens is 252 g/mol. The molecule has 0 saturated carbocycles. The lowest BCUT2D eigenvalue weighted by molar-refractivity contribution is 0.304. The second-order valence-corrected chi connectivity index (χ2v) is 5.87. The summed E-state index contributed by atoms with van der Waals surface area (Å²) in [7, 11) is 0. The standard InChI is InChI=1S/C15H24N4O/c1-3-8-20-14-9-11(2)16-15(18-14)19-7-6-12-4-5-13(10-19)17-12/h9,12-13,17H,3-8,10H2,1-2H3. The van der Waals surface area contributed by atoms with Crippen molar-refractivity contribution >= 4 is 5.95 Å². The van der Waals surface area contributed by atoms with E-state index in [1.807, 2.05) is 13.0 Å². The minimum absolute atomic E-state index is 0.589. The molecule has 2 bridgehead atoms. The third-order valence-electron chi connectivity index (χ3n) is 4.08. The summed E-state index contributed by atoms with van der Waals surface area (Å²) in [5, 5.41) is 3.69. The Morgan fingerprint density at radius 2 is 2.15 bits per heavy atom. The first-order chi connectivity index (χ1) is 9.74. The Kier molecular flexibility index (Phi) is 4.05. The maximum atomic E-state index is 5.67. The molecule has 1 aromatic heterocycles. The van der Waals surface area contributed by atoms with Gasteiger partial charge in [-0.3, -0.25) is 0 Å². The summed E-state index contributed by atoms with van der Waals surface area (Å²) in [6.45, 7) is 6.86. The van der Waals surface area contributed by atoms with Gasteiger partial charge in [-0.1, -0.05) is 6.92 Å². The number of ether oxygens (including phenoxy) is 1. The normalized spacial score (nSPS) is 25.6. The van der Waals surface area contributed by atoms with Crippen molar-refractivity contribution in [3.63, 3.8) is 0 Å². The molecule has 0 aromatic carbocycles. The molecule has 2 unspecified atom stereocenters. The predicted octanol–water partition coefficient (Wildman–Crippen LogP) is 1.90. The molecular formula is C15H24N4O. The van der Waals surface area contributed by atoms with Crippen LogP contribution in [0.3, 0.4) is 0 Å². The van der Waals surface area contributed by atoms with Gasteiger partial charge < -0.3 is 15.0 Å². The van der Waals surface area contributed by atoms with Crippen molar-refractivity contribution in [3.8, 4) is 5.88 Å². The van der Waals surface area contributed by atoms with E-state index in [4.69, 9.17) is 4.74 Å². The molecule has 2 aliphatic heterocycles. The highest BCUT2D eigenvalue weighted by atomic mass is 16.5. The fourth-order valence-corrected chi connectivity index (χ4v) is 3.07. The average Bonchev–Trinajstić information content (AvgIpc) is 2.75. The van der Waals surface area contributed by atoms with E-state index in [1.54, 1.807) is 0 Å². The van der Waals surface area contributed by atoms with Gasteiger partial charge >= 0.3 is 0 Å². The number of aryl methyl sites for hydroxylation is 1. The molecule has 2 saturated heterocycles.